The Bertz CT molecular complexity index is 656. The highest BCUT2D eigenvalue weighted by atomic mass is 16.5. The van der Waals surface area contributed by atoms with Crippen molar-refractivity contribution in [2.45, 2.75) is 13.5 Å². The highest BCUT2D eigenvalue weighted by Crippen LogP contribution is 2.22. The molecule has 1 heterocycles. The van der Waals surface area contributed by atoms with Crippen molar-refractivity contribution in [2.75, 3.05) is 19.1 Å². The smallest absolute Gasteiger partial charge is 0.339 e. The average Bonchev–Trinajstić information content (AvgIpc) is 2.47. The number of carboxylic acids is 1. The summed E-state index contributed by atoms with van der Waals surface area (Å²) in [5, 5.41) is 9.27. The van der Waals surface area contributed by atoms with Gasteiger partial charge >= 0.3 is 5.97 Å². The lowest BCUT2D eigenvalue weighted by Crippen LogP contribution is -2.20. The summed E-state index contributed by atoms with van der Waals surface area (Å²) in [6, 6.07) is 9.49. The fourth-order valence-corrected chi connectivity index (χ4v) is 2.16. The molecule has 21 heavy (non-hydrogen) atoms. The molecule has 0 aliphatic carbocycles. The first-order chi connectivity index (χ1) is 10.0. The van der Waals surface area contributed by atoms with Crippen LogP contribution in [0.2, 0.25) is 0 Å². The van der Waals surface area contributed by atoms with Crippen molar-refractivity contribution < 1.29 is 14.6 Å². The Balaban J connectivity index is 2.29. The lowest BCUT2D eigenvalue weighted by Gasteiger charge is -2.21. The van der Waals surface area contributed by atoms with Gasteiger partial charge < -0.3 is 14.7 Å². The van der Waals surface area contributed by atoms with Crippen molar-refractivity contribution in [2.24, 2.45) is 0 Å². The summed E-state index contributed by atoms with van der Waals surface area (Å²) < 4.78 is 5.20. The highest BCUT2D eigenvalue weighted by molar-refractivity contribution is 5.94. The summed E-state index contributed by atoms with van der Waals surface area (Å²) in [6.45, 7) is 2.43. The minimum Gasteiger partial charge on any atom is -0.497 e. The third kappa shape index (κ3) is 3.51. The van der Waals surface area contributed by atoms with Crippen molar-refractivity contribution in [3.63, 3.8) is 0 Å². The molecule has 0 saturated heterocycles. The number of carbonyl (C=O) groups is 1. The molecule has 110 valence electrons. The van der Waals surface area contributed by atoms with Gasteiger partial charge in [-0.15, -0.1) is 0 Å². The number of aryl methyl sites for hydroxylation is 1. The van der Waals surface area contributed by atoms with Gasteiger partial charge in [0.15, 0.2) is 0 Å². The summed E-state index contributed by atoms with van der Waals surface area (Å²) >= 11 is 0. The van der Waals surface area contributed by atoms with Gasteiger partial charge in [0, 0.05) is 25.5 Å². The minimum absolute atomic E-state index is 0.200. The van der Waals surface area contributed by atoms with Gasteiger partial charge in [-0.05, 0) is 30.7 Å². The fraction of sp³-hybridized carbons (Fsp3) is 0.250. The van der Waals surface area contributed by atoms with E-state index in [2.05, 4.69) is 4.98 Å². The molecule has 2 aromatic rings. The number of nitrogens with zero attached hydrogens (tertiary/aromatic N) is 2. The van der Waals surface area contributed by atoms with Crippen LogP contribution < -0.4 is 9.64 Å². The topological polar surface area (TPSA) is 62.7 Å². The van der Waals surface area contributed by atoms with Crippen LogP contribution in [0.3, 0.4) is 0 Å². The molecule has 0 fully saturated rings. The fourth-order valence-electron chi connectivity index (χ4n) is 2.16. The van der Waals surface area contributed by atoms with Crippen LogP contribution in [0.4, 0.5) is 5.69 Å². The quantitative estimate of drug-likeness (QED) is 0.915. The maximum atomic E-state index is 11.3. The van der Waals surface area contributed by atoms with Crippen LogP contribution in [-0.2, 0) is 6.54 Å². The van der Waals surface area contributed by atoms with Gasteiger partial charge in [-0.2, -0.15) is 0 Å². The van der Waals surface area contributed by atoms with E-state index < -0.39 is 5.97 Å². The number of ether oxygens (including phenoxy) is 1. The predicted octanol–water partition coefficient (Wildman–Crippen LogP) is 2.73. The van der Waals surface area contributed by atoms with E-state index in [1.54, 1.807) is 13.2 Å². The van der Waals surface area contributed by atoms with Gasteiger partial charge in [0.25, 0.3) is 0 Å². The zero-order valence-corrected chi connectivity index (χ0v) is 12.3. The lowest BCUT2D eigenvalue weighted by atomic mass is 10.1. The normalized spacial score (nSPS) is 10.2. The first-order valence-electron chi connectivity index (χ1n) is 6.55. The van der Waals surface area contributed by atoms with Gasteiger partial charge in [0.2, 0.25) is 0 Å². The van der Waals surface area contributed by atoms with Crippen LogP contribution in [0.25, 0.3) is 0 Å². The van der Waals surface area contributed by atoms with Crippen molar-refractivity contribution in [1.82, 2.24) is 4.98 Å². The van der Waals surface area contributed by atoms with E-state index in [0.717, 1.165) is 17.0 Å². The zero-order chi connectivity index (χ0) is 15.4. The van der Waals surface area contributed by atoms with Gasteiger partial charge in [-0.3, -0.25) is 4.98 Å². The number of hydrogen-bond donors (Lipinski definition) is 1. The van der Waals surface area contributed by atoms with Gasteiger partial charge in [0.1, 0.15) is 11.3 Å². The first-order valence-corrected chi connectivity index (χ1v) is 6.55. The maximum absolute atomic E-state index is 11.3. The lowest BCUT2D eigenvalue weighted by molar-refractivity contribution is 0.0697. The number of hydrogen-bond acceptors (Lipinski definition) is 4. The van der Waals surface area contributed by atoms with E-state index in [1.165, 1.54) is 6.20 Å². The predicted molar refractivity (Wildman–Crippen MR) is 81.0 cm³/mol. The van der Waals surface area contributed by atoms with E-state index in [-0.39, 0.29) is 5.56 Å². The van der Waals surface area contributed by atoms with Crippen LogP contribution in [0.15, 0.2) is 36.5 Å². The van der Waals surface area contributed by atoms with Crippen LogP contribution in [0.1, 0.15) is 21.6 Å². The number of benzene rings is 1. The molecular formula is C16H18N2O3. The number of methoxy groups -OCH3 is 1. The van der Waals surface area contributed by atoms with Crippen molar-refractivity contribution in [1.29, 1.82) is 0 Å². The number of aromatic carboxylic acids is 1. The molecule has 0 bridgehead atoms. The van der Waals surface area contributed by atoms with Gasteiger partial charge in [-0.25, -0.2) is 4.79 Å². The SMILES string of the molecule is COc1cccc(CN(C)c2cc(C)ncc2C(=O)O)c1. The third-order valence-electron chi connectivity index (χ3n) is 3.21. The Kier molecular flexibility index (Phi) is 4.42. The second kappa shape index (κ2) is 6.26. The Morgan fingerprint density at radius 1 is 1.38 bits per heavy atom. The van der Waals surface area contributed by atoms with Crippen LogP contribution in [-0.4, -0.2) is 30.2 Å². The number of carboxylic acid groups (broad SMARTS) is 1. The molecule has 0 saturated carbocycles. The van der Waals surface area contributed by atoms with Gasteiger partial charge in [-0.1, -0.05) is 12.1 Å². The second-order valence-corrected chi connectivity index (χ2v) is 4.86. The maximum Gasteiger partial charge on any atom is 0.339 e. The van der Waals surface area contributed by atoms with E-state index in [0.29, 0.717) is 12.2 Å². The molecule has 0 amide bonds. The van der Waals surface area contributed by atoms with Crippen molar-refractivity contribution in [3.8, 4) is 5.75 Å². The first kappa shape index (κ1) is 14.8. The molecule has 0 aliphatic heterocycles. The molecule has 5 nitrogen and oxygen atoms in total. The molecule has 0 atom stereocenters. The van der Waals surface area contributed by atoms with E-state index in [9.17, 15) is 9.90 Å². The highest BCUT2D eigenvalue weighted by Gasteiger charge is 2.14. The number of aromatic nitrogens is 1. The average molecular weight is 286 g/mol. The Hall–Kier alpha value is -2.56. The van der Waals surface area contributed by atoms with Gasteiger partial charge in [0.05, 0.1) is 12.8 Å². The largest absolute Gasteiger partial charge is 0.497 e. The molecule has 0 unspecified atom stereocenters. The third-order valence-corrected chi connectivity index (χ3v) is 3.21. The Morgan fingerprint density at radius 3 is 2.81 bits per heavy atom. The molecule has 5 heteroatoms. The van der Waals surface area contributed by atoms with Crippen molar-refractivity contribution >= 4 is 11.7 Å². The summed E-state index contributed by atoms with van der Waals surface area (Å²) in [6.07, 6.45) is 1.40. The Morgan fingerprint density at radius 2 is 2.14 bits per heavy atom. The molecule has 0 aliphatic rings. The molecular weight excluding hydrogens is 268 g/mol. The van der Waals surface area contributed by atoms with E-state index in [4.69, 9.17) is 4.74 Å². The molecule has 0 spiro atoms. The zero-order valence-electron chi connectivity index (χ0n) is 12.3. The Labute approximate surface area is 123 Å². The number of anilines is 1. The van der Waals surface area contributed by atoms with E-state index >= 15 is 0 Å². The molecule has 1 aromatic carbocycles. The second-order valence-electron chi connectivity index (χ2n) is 4.86. The summed E-state index contributed by atoms with van der Waals surface area (Å²) in [5.74, 6) is -0.194. The van der Waals surface area contributed by atoms with Crippen molar-refractivity contribution in [3.05, 3.63) is 53.3 Å². The molecule has 0 radical (unpaired) electrons. The molecule has 1 aromatic heterocycles. The summed E-state index contributed by atoms with van der Waals surface area (Å²) in [5.41, 5.74) is 2.68. The number of pyridine rings is 1. The number of rotatable bonds is 5. The van der Waals surface area contributed by atoms with Crippen LogP contribution >= 0.6 is 0 Å². The van der Waals surface area contributed by atoms with Crippen LogP contribution in [0.5, 0.6) is 5.75 Å². The molecule has 1 N–H and O–H groups in total. The van der Waals surface area contributed by atoms with Crippen LogP contribution in [0, 0.1) is 6.92 Å². The van der Waals surface area contributed by atoms with E-state index in [1.807, 2.05) is 43.1 Å². The minimum atomic E-state index is -0.977. The summed E-state index contributed by atoms with van der Waals surface area (Å²) in [4.78, 5) is 17.2. The monoisotopic (exact) mass is 286 g/mol. The standard InChI is InChI=1S/C16H18N2O3/c1-11-7-15(14(9-17-11)16(19)20)18(2)10-12-5-4-6-13(8-12)21-3/h4-9H,10H2,1-3H3,(H,19,20). The molecule has 2 rings (SSSR count). The summed E-state index contributed by atoms with van der Waals surface area (Å²) in [7, 11) is 3.48.